The summed E-state index contributed by atoms with van der Waals surface area (Å²) in [5.41, 5.74) is 10.6. The van der Waals surface area contributed by atoms with E-state index in [1.54, 1.807) is 14.1 Å². The van der Waals surface area contributed by atoms with E-state index < -0.39 is 10.4 Å². The number of hydrogen-bond donors (Lipinski definition) is 4. The van der Waals surface area contributed by atoms with Crippen molar-refractivity contribution in [2.24, 2.45) is 14.1 Å². The zero-order chi connectivity index (χ0) is 16.8. The summed E-state index contributed by atoms with van der Waals surface area (Å²) >= 11 is 0. The third-order valence-corrected chi connectivity index (χ3v) is 1.67. The lowest BCUT2D eigenvalue weighted by Crippen LogP contribution is -2.34. The van der Waals surface area contributed by atoms with Crippen LogP contribution < -0.4 is 32.5 Å². The molecule has 0 unspecified atom stereocenters. The van der Waals surface area contributed by atoms with E-state index in [1.165, 1.54) is 9.36 Å². The van der Waals surface area contributed by atoms with Crippen molar-refractivity contribution in [3.63, 3.8) is 0 Å². The molecule has 2 rings (SSSR count). The van der Waals surface area contributed by atoms with E-state index in [-0.39, 0.29) is 0 Å². The molecule has 0 atom stereocenters. The topological polar surface area (TPSA) is 254 Å². The van der Waals surface area contributed by atoms with Crippen LogP contribution in [0.25, 0.3) is 0 Å². The van der Waals surface area contributed by atoms with Crippen LogP contribution in [0, 0.1) is 0 Å². The Labute approximate surface area is 118 Å². The SMILES string of the molecule is C[n+]1nnn(N)c1N.C[n+]1nnn(N)c1N.O=S(=O)([O-])[O-]. The lowest BCUT2D eigenvalue weighted by Gasteiger charge is -2.06. The summed E-state index contributed by atoms with van der Waals surface area (Å²) in [4.78, 5) is 2.00. The third-order valence-electron chi connectivity index (χ3n) is 1.67. The largest absolute Gasteiger partial charge is 0.759 e. The molecule has 120 valence electrons. The van der Waals surface area contributed by atoms with Crippen molar-refractivity contribution in [3.8, 4) is 0 Å². The van der Waals surface area contributed by atoms with E-state index in [2.05, 4.69) is 20.9 Å². The molecule has 0 radical (unpaired) electrons. The van der Waals surface area contributed by atoms with E-state index in [9.17, 15) is 0 Å². The first-order valence-electron chi connectivity index (χ1n) is 4.75. The van der Waals surface area contributed by atoms with E-state index >= 15 is 0 Å². The normalized spacial score (nSPS) is 10.1. The quantitative estimate of drug-likeness (QED) is 0.152. The Bertz CT molecular complexity index is 582. The van der Waals surface area contributed by atoms with Gasteiger partial charge in [-0.25, -0.2) is 0 Å². The Morgan fingerprint density at radius 3 is 1.24 bits per heavy atom. The maximum absolute atomic E-state index is 8.52. The zero-order valence-corrected chi connectivity index (χ0v) is 11.7. The molecule has 0 fully saturated rings. The van der Waals surface area contributed by atoms with Gasteiger partial charge in [0.2, 0.25) is 0 Å². The first kappa shape index (κ1) is 18.2. The molecule has 0 aliphatic heterocycles. The van der Waals surface area contributed by atoms with Crippen LogP contribution in [0.4, 0.5) is 11.9 Å². The minimum absolute atomic E-state index is 0.324. The summed E-state index contributed by atoms with van der Waals surface area (Å²) in [5.74, 6) is 10.9. The zero-order valence-electron chi connectivity index (χ0n) is 10.9. The highest BCUT2D eigenvalue weighted by Crippen LogP contribution is 1.76. The second-order valence-corrected chi connectivity index (χ2v) is 4.04. The van der Waals surface area contributed by atoms with Crippen LogP contribution in [0.1, 0.15) is 0 Å². The van der Waals surface area contributed by atoms with Crippen molar-refractivity contribution in [1.82, 2.24) is 30.4 Å². The van der Waals surface area contributed by atoms with Crippen LogP contribution in [-0.2, 0) is 24.5 Å². The molecule has 21 heavy (non-hydrogen) atoms. The maximum atomic E-state index is 8.52. The van der Waals surface area contributed by atoms with E-state index in [0.29, 0.717) is 11.9 Å². The highest BCUT2D eigenvalue weighted by molar-refractivity contribution is 7.79. The smallest absolute Gasteiger partial charge is 0.385 e. The van der Waals surface area contributed by atoms with E-state index in [0.717, 1.165) is 9.58 Å². The summed E-state index contributed by atoms with van der Waals surface area (Å²) in [6, 6.07) is 0. The molecule has 0 aliphatic carbocycles. The first-order valence-corrected chi connectivity index (χ1v) is 6.08. The molecular weight excluding hydrogens is 312 g/mol. The van der Waals surface area contributed by atoms with E-state index in [4.69, 9.17) is 40.7 Å². The summed E-state index contributed by atoms with van der Waals surface area (Å²) in [6.07, 6.45) is 0. The van der Waals surface area contributed by atoms with Gasteiger partial charge in [0.25, 0.3) is 0 Å². The molecule has 16 nitrogen and oxygen atoms in total. The molecule has 0 amide bonds. The monoisotopic (exact) mass is 326 g/mol. The van der Waals surface area contributed by atoms with Crippen LogP contribution in [0.5, 0.6) is 0 Å². The fourth-order valence-electron chi connectivity index (χ4n) is 0.686. The van der Waals surface area contributed by atoms with Crippen molar-refractivity contribution in [3.05, 3.63) is 0 Å². The molecular formula is C4H14N12O4S. The van der Waals surface area contributed by atoms with Gasteiger partial charge in [-0.3, -0.25) is 20.1 Å². The number of aromatic nitrogens is 8. The number of anilines is 2. The van der Waals surface area contributed by atoms with Gasteiger partial charge in [0, 0.05) is 20.0 Å². The van der Waals surface area contributed by atoms with Gasteiger partial charge in [0.15, 0.2) is 0 Å². The van der Waals surface area contributed by atoms with Gasteiger partial charge in [-0.05, 0) is 0 Å². The number of nitrogens with two attached hydrogens (primary N) is 4. The second-order valence-electron chi connectivity index (χ2n) is 3.22. The fourth-order valence-corrected chi connectivity index (χ4v) is 0.686. The number of rotatable bonds is 0. The molecule has 0 aliphatic rings. The van der Waals surface area contributed by atoms with E-state index in [1.807, 2.05) is 0 Å². The average molecular weight is 326 g/mol. The Kier molecular flexibility index (Phi) is 6.17. The van der Waals surface area contributed by atoms with Gasteiger partial charge in [0.05, 0.1) is 24.5 Å². The molecule has 0 bridgehead atoms. The average Bonchev–Trinajstić information content (AvgIpc) is 2.79. The van der Waals surface area contributed by atoms with Crippen LogP contribution in [0.15, 0.2) is 0 Å². The number of tetrazole rings is 2. The molecule has 0 aromatic carbocycles. The minimum atomic E-state index is -5.17. The summed E-state index contributed by atoms with van der Waals surface area (Å²) < 4.78 is 36.8. The molecule has 0 spiro atoms. The first-order chi connectivity index (χ1) is 9.43. The molecule has 2 aromatic rings. The number of hydrogen-bond acceptors (Lipinski definition) is 12. The fraction of sp³-hybridized carbons (Fsp3) is 0.500. The lowest BCUT2D eigenvalue weighted by atomic mass is 11.0. The molecule has 0 saturated carbocycles. The predicted molar refractivity (Wildman–Crippen MR) is 62.0 cm³/mol. The van der Waals surface area contributed by atoms with Gasteiger partial charge >= 0.3 is 11.9 Å². The van der Waals surface area contributed by atoms with Gasteiger partial charge in [-0.15, -0.1) is 9.36 Å². The Balaban J connectivity index is 0.000000296. The highest BCUT2D eigenvalue weighted by Gasteiger charge is 2.07. The Morgan fingerprint density at radius 2 is 1.19 bits per heavy atom. The number of nitrogen functional groups attached to an aromatic ring is 4. The second kappa shape index (κ2) is 7.12. The lowest BCUT2D eigenvalue weighted by molar-refractivity contribution is -0.718. The molecule has 8 N–H and O–H groups in total. The summed E-state index contributed by atoms with van der Waals surface area (Å²) in [7, 11) is -1.85. The Morgan fingerprint density at radius 1 is 0.952 bits per heavy atom. The predicted octanol–water partition coefficient (Wildman–Crippen LogP) is -6.54. The molecule has 0 saturated heterocycles. The number of nitrogens with zero attached hydrogens (tertiary/aromatic N) is 8. The third kappa shape index (κ3) is 7.39. The van der Waals surface area contributed by atoms with Crippen molar-refractivity contribution >= 4 is 22.3 Å². The summed E-state index contributed by atoms with van der Waals surface area (Å²) in [5, 5.41) is 13.8. The minimum Gasteiger partial charge on any atom is -0.759 e. The molecule has 17 heteroatoms. The van der Waals surface area contributed by atoms with Gasteiger partial charge in [0.1, 0.15) is 10.4 Å². The Hall–Kier alpha value is -2.79. The number of aryl methyl sites for hydroxylation is 2. The van der Waals surface area contributed by atoms with Crippen LogP contribution in [-0.4, -0.2) is 48.0 Å². The van der Waals surface area contributed by atoms with Crippen molar-refractivity contribution in [2.45, 2.75) is 0 Å². The van der Waals surface area contributed by atoms with Crippen LogP contribution in [0.2, 0.25) is 0 Å². The van der Waals surface area contributed by atoms with Gasteiger partial charge in [-0.2, -0.15) is 0 Å². The molecule has 2 aromatic heterocycles. The van der Waals surface area contributed by atoms with Crippen molar-refractivity contribution < 1.29 is 26.9 Å². The molecule has 2 heterocycles. The highest BCUT2D eigenvalue weighted by atomic mass is 32.3. The maximum Gasteiger partial charge on any atom is 0.385 e. The standard InChI is InChI=1S/2C2H6N6.H2O4S/c2*1-7-2(3)8(4)6-5-7;1-5(2,3)4/h2*3H,4H2,1H3;(H2,1,2,3,4). The summed E-state index contributed by atoms with van der Waals surface area (Å²) in [6.45, 7) is 0. The van der Waals surface area contributed by atoms with Crippen molar-refractivity contribution in [1.29, 1.82) is 0 Å². The van der Waals surface area contributed by atoms with Crippen LogP contribution in [0.3, 0.4) is 0 Å². The van der Waals surface area contributed by atoms with Gasteiger partial charge < -0.3 is 20.6 Å². The van der Waals surface area contributed by atoms with Crippen molar-refractivity contribution in [2.75, 3.05) is 23.2 Å². The van der Waals surface area contributed by atoms with Gasteiger partial charge in [-0.1, -0.05) is 0 Å². The van der Waals surface area contributed by atoms with Crippen LogP contribution >= 0.6 is 0 Å².